The van der Waals surface area contributed by atoms with Crippen molar-refractivity contribution >= 4 is 23.8 Å². The number of ketones is 1. The van der Waals surface area contributed by atoms with Crippen molar-refractivity contribution in [2.24, 2.45) is 5.92 Å². The standard InChI is InChI=1S/C25H30N2O7/c1-3-5-9-15-33-25(32)26(13-4-2)21(17-23(29)30)22(28)18-34-27-14-12-20(24(27)31)16-19-10-7-6-8-11-19/h3-11,20-21H,1-2,12-18H2,(H,29,30)/b9-5+. The van der Waals surface area contributed by atoms with Gasteiger partial charge in [0.15, 0.2) is 5.78 Å². The normalized spacial score (nSPS) is 16.3. The molecule has 1 heterocycles. The van der Waals surface area contributed by atoms with Crippen LogP contribution in [0.15, 0.2) is 67.8 Å². The highest BCUT2D eigenvalue weighted by atomic mass is 16.7. The Labute approximate surface area is 198 Å². The summed E-state index contributed by atoms with van der Waals surface area (Å²) in [4.78, 5) is 55.9. The van der Waals surface area contributed by atoms with Gasteiger partial charge in [-0.15, -0.1) is 6.58 Å². The molecule has 0 aliphatic carbocycles. The topological polar surface area (TPSA) is 113 Å². The predicted molar refractivity (Wildman–Crippen MR) is 125 cm³/mol. The number of benzene rings is 1. The molecule has 1 aliphatic heterocycles. The predicted octanol–water partition coefficient (Wildman–Crippen LogP) is 2.79. The average molecular weight is 471 g/mol. The van der Waals surface area contributed by atoms with Crippen LogP contribution in [0, 0.1) is 5.92 Å². The largest absolute Gasteiger partial charge is 0.481 e. The molecular weight excluding hydrogens is 440 g/mol. The second-order valence-electron chi connectivity index (χ2n) is 7.65. The number of ether oxygens (including phenoxy) is 1. The van der Waals surface area contributed by atoms with Crippen molar-refractivity contribution in [3.63, 3.8) is 0 Å². The van der Waals surface area contributed by atoms with E-state index in [4.69, 9.17) is 9.57 Å². The Morgan fingerprint density at radius 2 is 1.97 bits per heavy atom. The fraction of sp³-hybridized carbons (Fsp3) is 0.360. The quantitative estimate of drug-likeness (QED) is 0.329. The molecule has 1 saturated heterocycles. The molecule has 0 saturated carbocycles. The van der Waals surface area contributed by atoms with Crippen LogP contribution in [0.25, 0.3) is 0 Å². The molecule has 0 aromatic heterocycles. The molecule has 0 spiro atoms. The molecule has 9 nitrogen and oxygen atoms in total. The number of carbonyl (C=O) groups excluding carboxylic acids is 3. The van der Waals surface area contributed by atoms with Crippen LogP contribution in [-0.2, 0) is 30.4 Å². The van der Waals surface area contributed by atoms with Crippen LogP contribution in [0.1, 0.15) is 18.4 Å². The van der Waals surface area contributed by atoms with Gasteiger partial charge < -0.3 is 9.84 Å². The first-order valence-corrected chi connectivity index (χ1v) is 10.9. The van der Waals surface area contributed by atoms with Crippen molar-refractivity contribution in [3.05, 3.63) is 73.4 Å². The number of hydrogen-bond donors (Lipinski definition) is 1. The molecule has 9 heteroatoms. The number of hydroxylamine groups is 2. The number of hydrogen-bond acceptors (Lipinski definition) is 6. The Bertz CT molecular complexity index is 913. The number of carbonyl (C=O) groups is 4. The number of carboxylic acid groups (broad SMARTS) is 1. The Hall–Kier alpha value is -3.72. The van der Waals surface area contributed by atoms with Crippen LogP contribution in [0.5, 0.6) is 0 Å². The maximum absolute atomic E-state index is 12.9. The lowest BCUT2D eigenvalue weighted by Gasteiger charge is -2.28. The molecular formula is C25H30N2O7. The summed E-state index contributed by atoms with van der Waals surface area (Å²) in [6, 6.07) is 8.25. The lowest BCUT2D eigenvalue weighted by Crippen LogP contribution is -2.48. The van der Waals surface area contributed by atoms with Gasteiger partial charge in [-0.1, -0.05) is 55.1 Å². The van der Waals surface area contributed by atoms with Gasteiger partial charge in [-0.25, -0.2) is 9.86 Å². The van der Waals surface area contributed by atoms with Gasteiger partial charge in [0, 0.05) is 19.0 Å². The number of rotatable bonds is 14. The Morgan fingerprint density at radius 1 is 1.24 bits per heavy atom. The first-order chi connectivity index (χ1) is 16.4. The molecule has 2 unspecified atom stereocenters. The van der Waals surface area contributed by atoms with Crippen LogP contribution in [-0.4, -0.2) is 71.2 Å². The van der Waals surface area contributed by atoms with Gasteiger partial charge >= 0.3 is 12.1 Å². The molecule has 2 rings (SSSR count). The molecule has 1 aromatic carbocycles. The van der Waals surface area contributed by atoms with E-state index < -0.39 is 36.9 Å². The minimum absolute atomic E-state index is 0.0753. The van der Waals surface area contributed by atoms with E-state index in [1.807, 2.05) is 30.3 Å². The Kier molecular flexibility index (Phi) is 10.7. The van der Waals surface area contributed by atoms with Crippen LogP contribution in [0.3, 0.4) is 0 Å². The third kappa shape index (κ3) is 8.00. The number of allylic oxidation sites excluding steroid dienone is 2. The number of amides is 2. The lowest BCUT2D eigenvalue weighted by molar-refractivity contribution is -0.182. The van der Waals surface area contributed by atoms with Gasteiger partial charge in [-0.3, -0.25) is 24.1 Å². The molecule has 1 fully saturated rings. The van der Waals surface area contributed by atoms with Crippen molar-refractivity contribution < 1.29 is 33.9 Å². The molecule has 2 atom stereocenters. The van der Waals surface area contributed by atoms with Crippen LogP contribution < -0.4 is 0 Å². The Balaban J connectivity index is 2.00. The van der Waals surface area contributed by atoms with Crippen LogP contribution in [0.2, 0.25) is 0 Å². The maximum atomic E-state index is 12.9. The van der Waals surface area contributed by atoms with Crippen molar-refractivity contribution in [1.29, 1.82) is 0 Å². The first kappa shape index (κ1) is 26.5. The zero-order chi connectivity index (χ0) is 24.9. The van der Waals surface area contributed by atoms with Crippen molar-refractivity contribution in [2.45, 2.75) is 25.3 Å². The smallest absolute Gasteiger partial charge is 0.410 e. The third-order valence-corrected chi connectivity index (χ3v) is 5.21. The molecule has 1 aromatic rings. The van der Waals surface area contributed by atoms with E-state index in [0.29, 0.717) is 19.4 Å². The number of Topliss-reactive ketones (excluding diaryl/α,β-unsaturated/α-hetero) is 1. The van der Waals surface area contributed by atoms with E-state index in [-0.39, 0.29) is 25.0 Å². The second kappa shape index (κ2) is 13.7. The summed E-state index contributed by atoms with van der Waals surface area (Å²) < 4.78 is 5.09. The first-order valence-electron chi connectivity index (χ1n) is 10.9. The minimum atomic E-state index is -1.34. The summed E-state index contributed by atoms with van der Waals surface area (Å²) in [5, 5.41) is 10.4. The number of aliphatic carboxylic acids is 1. The van der Waals surface area contributed by atoms with E-state index in [9.17, 15) is 24.3 Å². The van der Waals surface area contributed by atoms with Gasteiger partial charge in [-0.05, 0) is 24.5 Å². The highest BCUT2D eigenvalue weighted by molar-refractivity contribution is 5.91. The second-order valence-corrected chi connectivity index (χ2v) is 7.65. The van der Waals surface area contributed by atoms with Crippen LogP contribution >= 0.6 is 0 Å². The van der Waals surface area contributed by atoms with E-state index in [0.717, 1.165) is 15.5 Å². The van der Waals surface area contributed by atoms with Crippen molar-refractivity contribution in [1.82, 2.24) is 9.96 Å². The Morgan fingerprint density at radius 3 is 2.62 bits per heavy atom. The molecule has 34 heavy (non-hydrogen) atoms. The monoisotopic (exact) mass is 470 g/mol. The molecule has 1 aliphatic rings. The third-order valence-electron chi connectivity index (χ3n) is 5.21. The molecule has 182 valence electrons. The summed E-state index contributed by atoms with van der Waals surface area (Å²) in [6.07, 6.45) is 5.62. The van der Waals surface area contributed by atoms with E-state index in [1.165, 1.54) is 12.2 Å². The molecule has 2 amide bonds. The van der Waals surface area contributed by atoms with Crippen molar-refractivity contribution in [2.75, 3.05) is 26.3 Å². The number of carboxylic acids is 1. The zero-order valence-electron chi connectivity index (χ0n) is 19.0. The van der Waals surface area contributed by atoms with Gasteiger partial charge in [-0.2, -0.15) is 0 Å². The summed E-state index contributed by atoms with van der Waals surface area (Å²) >= 11 is 0. The number of nitrogens with zero attached hydrogens (tertiary/aromatic N) is 2. The molecule has 1 N–H and O–H groups in total. The molecule has 0 bridgehead atoms. The summed E-state index contributed by atoms with van der Waals surface area (Å²) in [5.74, 6) is -2.43. The fourth-order valence-corrected chi connectivity index (χ4v) is 3.55. The summed E-state index contributed by atoms with van der Waals surface area (Å²) in [7, 11) is 0. The zero-order valence-corrected chi connectivity index (χ0v) is 19.0. The highest BCUT2D eigenvalue weighted by Gasteiger charge is 2.36. The van der Waals surface area contributed by atoms with E-state index >= 15 is 0 Å². The van der Waals surface area contributed by atoms with Gasteiger partial charge in [0.05, 0.1) is 6.42 Å². The highest BCUT2D eigenvalue weighted by Crippen LogP contribution is 2.23. The molecule has 0 radical (unpaired) electrons. The fourth-order valence-electron chi connectivity index (χ4n) is 3.55. The summed E-state index contributed by atoms with van der Waals surface area (Å²) in [6.45, 7) is 6.65. The van der Waals surface area contributed by atoms with Crippen molar-refractivity contribution in [3.8, 4) is 0 Å². The van der Waals surface area contributed by atoms with E-state index in [2.05, 4.69) is 13.2 Å². The average Bonchev–Trinajstić information content (AvgIpc) is 3.16. The van der Waals surface area contributed by atoms with Crippen LogP contribution in [0.4, 0.5) is 4.79 Å². The van der Waals surface area contributed by atoms with Gasteiger partial charge in [0.1, 0.15) is 19.3 Å². The van der Waals surface area contributed by atoms with E-state index in [1.54, 1.807) is 12.2 Å². The summed E-state index contributed by atoms with van der Waals surface area (Å²) in [5.41, 5.74) is 1.03. The SMILES string of the molecule is C=C/C=C/COC(=O)N(CC=C)C(CC(=O)O)C(=O)CON1CCC(Cc2ccccc2)C1=O. The maximum Gasteiger partial charge on any atom is 0.410 e. The minimum Gasteiger partial charge on any atom is -0.481 e. The van der Waals surface area contributed by atoms with Gasteiger partial charge in [0.25, 0.3) is 0 Å². The lowest BCUT2D eigenvalue weighted by atomic mass is 9.98. The van der Waals surface area contributed by atoms with Gasteiger partial charge in [0.2, 0.25) is 5.91 Å².